The van der Waals surface area contributed by atoms with Crippen LogP contribution in [0.5, 0.6) is 5.75 Å². The molecule has 170 valence electrons. The summed E-state index contributed by atoms with van der Waals surface area (Å²) in [5.74, 6) is -3.16. The van der Waals surface area contributed by atoms with E-state index < -0.39 is 29.3 Å². The van der Waals surface area contributed by atoms with E-state index in [1.807, 2.05) is 0 Å². The molecular formula is C24H25F3N2O3. The van der Waals surface area contributed by atoms with Gasteiger partial charge in [-0.3, -0.25) is 4.90 Å². The Bertz CT molecular complexity index is 1070. The van der Waals surface area contributed by atoms with Gasteiger partial charge in [0.1, 0.15) is 23.1 Å². The van der Waals surface area contributed by atoms with Crippen LogP contribution in [-0.4, -0.2) is 45.6 Å². The van der Waals surface area contributed by atoms with Gasteiger partial charge in [-0.25, -0.2) is 18.0 Å². The van der Waals surface area contributed by atoms with Gasteiger partial charge in [-0.05, 0) is 68.2 Å². The molecule has 0 amide bonds. The highest BCUT2D eigenvalue weighted by molar-refractivity contribution is 5.85. The summed E-state index contributed by atoms with van der Waals surface area (Å²) in [6.07, 6.45) is 3.23. The number of aromatic hydroxyl groups is 1. The number of halogens is 3. The number of benzene rings is 2. The lowest BCUT2D eigenvalue weighted by atomic mass is 9.81. The Morgan fingerprint density at radius 3 is 2.44 bits per heavy atom. The minimum atomic E-state index is -1.65. The summed E-state index contributed by atoms with van der Waals surface area (Å²) in [6, 6.07) is 3.64. The molecular weight excluding hydrogens is 421 g/mol. The summed E-state index contributed by atoms with van der Waals surface area (Å²) in [7, 11) is 0. The lowest BCUT2D eigenvalue weighted by Crippen LogP contribution is -2.48. The number of nitrogens with one attached hydrogen (secondary N) is 1. The maximum atomic E-state index is 15.3. The Kier molecular flexibility index (Phi) is 6.46. The Balaban J connectivity index is 2.25. The lowest BCUT2D eigenvalue weighted by Gasteiger charge is -2.44. The highest BCUT2D eigenvalue weighted by Gasteiger charge is 2.40. The Labute approximate surface area is 184 Å². The molecule has 2 atom stereocenters. The largest absolute Gasteiger partial charge is 0.507 e. The van der Waals surface area contributed by atoms with Gasteiger partial charge in [-0.15, -0.1) is 0 Å². The Hall–Kier alpha value is -3.13. The minimum Gasteiger partial charge on any atom is -0.507 e. The normalized spacial score (nSPS) is 19.2. The van der Waals surface area contributed by atoms with Crippen molar-refractivity contribution in [3.8, 4) is 5.75 Å². The predicted octanol–water partition coefficient (Wildman–Crippen LogP) is 4.85. The van der Waals surface area contributed by atoms with Crippen molar-refractivity contribution in [2.45, 2.75) is 44.9 Å². The molecule has 0 aromatic heterocycles. The average Bonchev–Trinajstić information content (AvgIpc) is 2.67. The van der Waals surface area contributed by atoms with Crippen molar-refractivity contribution in [1.82, 2.24) is 4.90 Å². The van der Waals surface area contributed by atoms with E-state index >= 15 is 8.78 Å². The smallest absolute Gasteiger partial charge is 0.328 e. The van der Waals surface area contributed by atoms with Crippen molar-refractivity contribution in [2.24, 2.45) is 0 Å². The number of hydrogen-bond acceptors (Lipinski definition) is 4. The lowest BCUT2D eigenvalue weighted by molar-refractivity contribution is -0.131. The second kappa shape index (κ2) is 8.78. The zero-order valence-corrected chi connectivity index (χ0v) is 18.0. The first kappa shape index (κ1) is 23.5. The molecule has 8 heteroatoms. The fraction of sp³-hybridized carbons (Fsp3) is 0.333. The van der Waals surface area contributed by atoms with Gasteiger partial charge in [-0.2, -0.15) is 0 Å². The molecule has 2 unspecified atom stereocenters. The van der Waals surface area contributed by atoms with Crippen molar-refractivity contribution in [3.05, 3.63) is 69.8 Å². The first-order valence-corrected chi connectivity index (χ1v) is 10.1. The number of aliphatic carboxylic acids is 1. The van der Waals surface area contributed by atoms with Crippen LogP contribution in [0.15, 0.2) is 30.3 Å². The molecule has 3 N–H and O–H groups in total. The van der Waals surface area contributed by atoms with Crippen molar-refractivity contribution >= 4 is 18.3 Å². The fourth-order valence-corrected chi connectivity index (χ4v) is 4.29. The van der Waals surface area contributed by atoms with Gasteiger partial charge in [0.25, 0.3) is 0 Å². The van der Waals surface area contributed by atoms with E-state index in [0.717, 1.165) is 30.5 Å². The van der Waals surface area contributed by atoms with Gasteiger partial charge in [0.2, 0.25) is 0 Å². The SMILES string of the molecule is CC1Cc2c(ccc(O)c2C=N)C(c2c(F)cc(/C=C/C(=O)O)cc2F)N1CC(C)(C)F. The van der Waals surface area contributed by atoms with Crippen molar-refractivity contribution in [1.29, 1.82) is 5.41 Å². The number of rotatable bonds is 6. The van der Waals surface area contributed by atoms with Crippen molar-refractivity contribution < 1.29 is 28.2 Å². The van der Waals surface area contributed by atoms with Gasteiger partial charge >= 0.3 is 5.97 Å². The van der Waals surface area contributed by atoms with Gasteiger partial charge in [0.05, 0.1) is 6.04 Å². The van der Waals surface area contributed by atoms with Gasteiger partial charge in [-0.1, -0.05) is 6.07 Å². The zero-order valence-electron chi connectivity index (χ0n) is 18.0. The summed E-state index contributed by atoms with van der Waals surface area (Å²) in [6.45, 7) is 4.48. The number of phenolic OH excluding ortho intramolecular Hbond substituents is 1. The van der Waals surface area contributed by atoms with Crippen LogP contribution in [0, 0.1) is 17.0 Å². The highest BCUT2D eigenvalue weighted by atomic mass is 19.1. The van der Waals surface area contributed by atoms with Crippen LogP contribution in [0.1, 0.15) is 54.6 Å². The number of fused-ring (bicyclic) bond motifs is 1. The minimum absolute atomic E-state index is 0.0403. The molecule has 0 saturated carbocycles. The van der Waals surface area contributed by atoms with Gasteiger partial charge < -0.3 is 15.6 Å². The summed E-state index contributed by atoms with van der Waals surface area (Å²) in [5, 5.41) is 26.6. The van der Waals surface area contributed by atoms with E-state index in [2.05, 4.69) is 0 Å². The van der Waals surface area contributed by atoms with E-state index in [1.54, 1.807) is 17.9 Å². The number of alkyl halides is 1. The first-order chi connectivity index (χ1) is 14.9. The van der Waals surface area contributed by atoms with E-state index in [0.29, 0.717) is 17.5 Å². The zero-order chi connectivity index (χ0) is 23.8. The molecule has 5 nitrogen and oxygen atoms in total. The van der Waals surface area contributed by atoms with Crippen LogP contribution in [0.25, 0.3) is 6.08 Å². The summed E-state index contributed by atoms with van der Waals surface area (Å²) in [4.78, 5) is 12.4. The molecule has 0 radical (unpaired) electrons. The van der Waals surface area contributed by atoms with E-state index in [1.165, 1.54) is 19.9 Å². The number of carboxylic acid groups (broad SMARTS) is 1. The topological polar surface area (TPSA) is 84.6 Å². The summed E-state index contributed by atoms with van der Waals surface area (Å²) < 4.78 is 45.2. The number of phenols is 1. The fourth-order valence-electron chi connectivity index (χ4n) is 4.29. The van der Waals surface area contributed by atoms with Gasteiger partial charge in [0.15, 0.2) is 0 Å². The number of nitrogens with zero attached hydrogens (tertiary/aromatic N) is 1. The van der Waals surface area contributed by atoms with Crippen LogP contribution in [0.2, 0.25) is 0 Å². The molecule has 0 spiro atoms. The molecule has 2 aromatic carbocycles. The summed E-state index contributed by atoms with van der Waals surface area (Å²) >= 11 is 0. The van der Waals surface area contributed by atoms with E-state index in [9.17, 15) is 14.3 Å². The van der Waals surface area contributed by atoms with Crippen molar-refractivity contribution in [2.75, 3.05) is 6.54 Å². The van der Waals surface area contributed by atoms with Crippen LogP contribution in [0.4, 0.5) is 13.2 Å². The summed E-state index contributed by atoms with van der Waals surface area (Å²) in [5.41, 5.74) is -0.577. The molecule has 1 aliphatic heterocycles. The second-order valence-corrected chi connectivity index (χ2v) is 8.63. The monoisotopic (exact) mass is 446 g/mol. The van der Waals surface area contributed by atoms with E-state index in [4.69, 9.17) is 10.5 Å². The molecule has 1 heterocycles. The maximum absolute atomic E-state index is 15.3. The quantitative estimate of drug-likeness (QED) is 0.438. The molecule has 0 fully saturated rings. The Morgan fingerprint density at radius 2 is 1.91 bits per heavy atom. The van der Waals surface area contributed by atoms with Crippen LogP contribution < -0.4 is 0 Å². The van der Waals surface area contributed by atoms with Crippen molar-refractivity contribution in [3.63, 3.8) is 0 Å². The molecule has 3 rings (SSSR count). The Morgan fingerprint density at radius 1 is 1.28 bits per heavy atom. The second-order valence-electron chi connectivity index (χ2n) is 8.63. The molecule has 0 aliphatic carbocycles. The third-order valence-corrected chi connectivity index (χ3v) is 5.56. The number of carbonyl (C=O) groups is 1. The molecule has 1 aliphatic rings. The third-order valence-electron chi connectivity index (χ3n) is 5.56. The van der Waals surface area contributed by atoms with E-state index in [-0.39, 0.29) is 35.0 Å². The van der Waals surface area contributed by atoms with Crippen LogP contribution in [-0.2, 0) is 11.2 Å². The maximum Gasteiger partial charge on any atom is 0.328 e. The van der Waals surface area contributed by atoms with Gasteiger partial charge in [0, 0.05) is 36.0 Å². The van der Waals surface area contributed by atoms with Crippen LogP contribution >= 0.6 is 0 Å². The molecule has 2 aromatic rings. The third kappa shape index (κ3) is 4.70. The van der Waals surface area contributed by atoms with Crippen LogP contribution in [0.3, 0.4) is 0 Å². The molecule has 0 bridgehead atoms. The average molecular weight is 446 g/mol. The number of hydrogen-bond donors (Lipinski definition) is 3. The highest BCUT2D eigenvalue weighted by Crippen LogP contribution is 2.43. The first-order valence-electron chi connectivity index (χ1n) is 10.1. The molecule has 32 heavy (non-hydrogen) atoms. The number of carboxylic acids is 1. The standard InChI is InChI=1S/C24H25F3N2O3/c1-13-8-16-15(5-6-20(30)17(16)11-28)23(29(13)12-24(2,3)27)22-18(25)9-14(10-19(22)26)4-7-21(31)32/h4-7,9-11,13,23,28,30H,8,12H2,1-3H3,(H,31,32)/b7-4+,28-11?. The predicted molar refractivity (Wildman–Crippen MR) is 116 cm³/mol. The molecule has 0 saturated heterocycles.